The van der Waals surface area contributed by atoms with E-state index in [1.165, 1.54) is 0 Å². The first-order valence-corrected chi connectivity index (χ1v) is 12.6. The average Bonchev–Trinajstić information content (AvgIpc) is 2.73. The molecule has 0 radical (unpaired) electrons. The number of alkyl halides is 3. The number of piperidine rings is 2. The number of amides is 1. The highest BCUT2D eigenvalue weighted by atomic mass is 35.5. The fourth-order valence-corrected chi connectivity index (χ4v) is 5.99. The maximum absolute atomic E-state index is 13.1. The molecule has 11 heteroatoms. The second-order valence-corrected chi connectivity index (χ2v) is 11.1. The van der Waals surface area contributed by atoms with Crippen molar-refractivity contribution in [2.75, 3.05) is 26.2 Å². The Labute approximate surface area is 192 Å². The third-order valence-corrected chi connectivity index (χ3v) is 8.54. The topological polar surface area (TPSA) is 69.7 Å². The van der Waals surface area contributed by atoms with Gasteiger partial charge in [0.2, 0.25) is 15.9 Å². The lowest BCUT2D eigenvalue weighted by molar-refractivity contribution is -0.137. The molecule has 0 bridgehead atoms. The molecular formula is C21H29ClF3N3O3S. The number of hydrogen-bond acceptors (Lipinski definition) is 4. The van der Waals surface area contributed by atoms with E-state index in [1.54, 1.807) is 0 Å². The largest absolute Gasteiger partial charge is 0.417 e. The van der Waals surface area contributed by atoms with Crippen LogP contribution in [-0.2, 0) is 21.0 Å². The Morgan fingerprint density at radius 2 is 1.69 bits per heavy atom. The molecule has 1 amide bonds. The minimum absolute atomic E-state index is 0.0732. The van der Waals surface area contributed by atoms with Gasteiger partial charge in [0.25, 0.3) is 0 Å². The minimum atomic E-state index is -4.75. The predicted octanol–water partition coefficient (Wildman–Crippen LogP) is 3.75. The van der Waals surface area contributed by atoms with Crippen LogP contribution >= 0.6 is 11.6 Å². The van der Waals surface area contributed by atoms with Gasteiger partial charge in [-0.2, -0.15) is 17.5 Å². The van der Waals surface area contributed by atoms with Crippen molar-refractivity contribution in [1.29, 1.82) is 0 Å². The Morgan fingerprint density at radius 3 is 2.22 bits per heavy atom. The van der Waals surface area contributed by atoms with Gasteiger partial charge in [0.15, 0.2) is 0 Å². The minimum Gasteiger partial charge on any atom is -0.353 e. The zero-order valence-corrected chi connectivity index (χ0v) is 19.7. The summed E-state index contributed by atoms with van der Waals surface area (Å²) in [4.78, 5) is 14.6. The SMILES string of the molecule is CC(C)N1CCC(NC(=O)C2CCN(S(=O)(=O)c3ccc(Cl)c(C(F)(F)F)c3)CC2)CC1. The summed E-state index contributed by atoms with van der Waals surface area (Å²) in [6.07, 6.45) is -2.32. The van der Waals surface area contributed by atoms with Gasteiger partial charge in [-0.05, 0) is 57.7 Å². The highest BCUT2D eigenvalue weighted by molar-refractivity contribution is 7.89. The van der Waals surface area contributed by atoms with E-state index in [4.69, 9.17) is 11.6 Å². The molecule has 0 aromatic heterocycles. The van der Waals surface area contributed by atoms with Crippen molar-refractivity contribution in [2.24, 2.45) is 5.92 Å². The third kappa shape index (κ3) is 5.76. The number of benzene rings is 1. The van der Waals surface area contributed by atoms with Crippen molar-refractivity contribution in [3.8, 4) is 0 Å². The number of nitrogens with one attached hydrogen (secondary N) is 1. The molecule has 2 aliphatic rings. The Kier molecular flexibility index (Phi) is 7.79. The Morgan fingerprint density at radius 1 is 1.09 bits per heavy atom. The number of sulfonamides is 1. The number of carbonyl (C=O) groups is 1. The molecule has 0 saturated carbocycles. The smallest absolute Gasteiger partial charge is 0.353 e. The summed E-state index contributed by atoms with van der Waals surface area (Å²) in [5.74, 6) is -0.378. The van der Waals surface area contributed by atoms with Gasteiger partial charge >= 0.3 is 6.18 Å². The van der Waals surface area contributed by atoms with E-state index in [0.717, 1.165) is 42.4 Å². The molecule has 2 heterocycles. The fraction of sp³-hybridized carbons (Fsp3) is 0.667. The van der Waals surface area contributed by atoms with Crippen molar-refractivity contribution in [3.63, 3.8) is 0 Å². The van der Waals surface area contributed by atoms with Gasteiger partial charge in [-0.15, -0.1) is 0 Å². The summed E-state index contributed by atoms with van der Waals surface area (Å²) in [5.41, 5.74) is -1.18. The zero-order valence-electron chi connectivity index (χ0n) is 18.2. The van der Waals surface area contributed by atoms with Gasteiger partial charge in [0.1, 0.15) is 0 Å². The van der Waals surface area contributed by atoms with Gasteiger partial charge in [-0.25, -0.2) is 8.42 Å². The molecule has 32 heavy (non-hydrogen) atoms. The highest BCUT2D eigenvalue weighted by Gasteiger charge is 2.37. The molecule has 0 unspecified atom stereocenters. The zero-order chi connectivity index (χ0) is 23.7. The number of nitrogens with zero attached hydrogens (tertiary/aromatic N) is 2. The van der Waals surface area contributed by atoms with Crippen molar-refractivity contribution in [1.82, 2.24) is 14.5 Å². The number of likely N-dealkylation sites (tertiary alicyclic amines) is 1. The van der Waals surface area contributed by atoms with Crippen LogP contribution in [0.15, 0.2) is 23.1 Å². The second-order valence-electron chi connectivity index (χ2n) is 8.73. The lowest BCUT2D eigenvalue weighted by Gasteiger charge is -2.36. The van der Waals surface area contributed by atoms with E-state index >= 15 is 0 Å². The molecule has 0 spiro atoms. The van der Waals surface area contributed by atoms with E-state index < -0.39 is 31.7 Å². The molecule has 180 valence electrons. The first-order valence-electron chi connectivity index (χ1n) is 10.8. The molecular weight excluding hydrogens is 467 g/mol. The van der Waals surface area contributed by atoms with E-state index in [-0.39, 0.29) is 31.0 Å². The average molecular weight is 496 g/mol. The second kappa shape index (κ2) is 9.87. The molecule has 6 nitrogen and oxygen atoms in total. The lowest BCUT2D eigenvalue weighted by atomic mass is 9.95. The molecule has 2 aliphatic heterocycles. The lowest BCUT2D eigenvalue weighted by Crippen LogP contribution is -2.49. The van der Waals surface area contributed by atoms with Gasteiger partial charge in [0, 0.05) is 44.2 Å². The Balaban J connectivity index is 1.58. The Bertz CT molecular complexity index is 924. The maximum atomic E-state index is 13.1. The van der Waals surface area contributed by atoms with Crippen LogP contribution in [0.3, 0.4) is 0 Å². The third-order valence-electron chi connectivity index (χ3n) is 6.31. The summed E-state index contributed by atoms with van der Waals surface area (Å²) in [5, 5.41) is 2.54. The van der Waals surface area contributed by atoms with Crippen molar-refractivity contribution in [2.45, 2.75) is 62.7 Å². The molecule has 0 aliphatic carbocycles. The molecule has 1 aromatic rings. The van der Waals surface area contributed by atoms with Crippen LogP contribution in [0.4, 0.5) is 13.2 Å². The van der Waals surface area contributed by atoms with E-state index in [0.29, 0.717) is 24.9 Å². The number of rotatable bonds is 5. The molecule has 2 fully saturated rings. The van der Waals surface area contributed by atoms with E-state index in [9.17, 15) is 26.4 Å². The monoisotopic (exact) mass is 495 g/mol. The molecule has 2 saturated heterocycles. The van der Waals surface area contributed by atoms with Crippen LogP contribution in [0, 0.1) is 5.92 Å². The van der Waals surface area contributed by atoms with Gasteiger partial charge in [0.05, 0.1) is 15.5 Å². The summed E-state index contributed by atoms with van der Waals surface area (Å²) in [7, 11) is -4.11. The molecule has 1 aromatic carbocycles. The number of hydrogen-bond donors (Lipinski definition) is 1. The van der Waals surface area contributed by atoms with Crippen LogP contribution in [0.2, 0.25) is 5.02 Å². The van der Waals surface area contributed by atoms with Crippen LogP contribution in [0.25, 0.3) is 0 Å². The van der Waals surface area contributed by atoms with Crippen molar-refractivity contribution in [3.05, 3.63) is 28.8 Å². The van der Waals surface area contributed by atoms with Crippen LogP contribution < -0.4 is 5.32 Å². The normalized spacial score (nSPS) is 20.6. The number of carbonyl (C=O) groups excluding carboxylic acids is 1. The summed E-state index contributed by atoms with van der Waals surface area (Å²) < 4.78 is 66.2. The highest BCUT2D eigenvalue weighted by Crippen LogP contribution is 2.36. The van der Waals surface area contributed by atoms with Gasteiger partial charge < -0.3 is 10.2 Å². The van der Waals surface area contributed by atoms with Crippen LogP contribution in [0.5, 0.6) is 0 Å². The molecule has 3 rings (SSSR count). The van der Waals surface area contributed by atoms with E-state index in [1.807, 2.05) is 0 Å². The van der Waals surface area contributed by atoms with Crippen molar-refractivity contribution < 1.29 is 26.4 Å². The molecule has 0 atom stereocenters. The fourth-order valence-electron chi connectivity index (χ4n) is 4.27. The Hall–Kier alpha value is -1.36. The quantitative estimate of drug-likeness (QED) is 0.675. The summed E-state index contributed by atoms with van der Waals surface area (Å²) >= 11 is 5.60. The van der Waals surface area contributed by atoms with Gasteiger partial charge in [-0.3, -0.25) is 4.79 Å². The van der Waals surface area contributed by atoms with Crippen molar-refractivity contribution >= 4 is 27.5 Å². The van der Waals surface area contributed by atoms with Gasteiger partial charge in [-0.1, -0.05) is 11.6 Å². The van der Waals surface area contributed by atoms with Crippen LogP contribution in [0.1, 0.15) is 45.1 Å². The summed E-state index contributed by atoms with van der Waals surface area (Å²) in [6.45, 7) is 6.32. The first kappa shape index (κ1) is 25.3. The maximum Gasteiger partial charge on any atom is 0.417 e. The molecule has 1 N–H and O–H groups in total. The summed E-state index contributed by atoms with van der Waals surface area (Å²) in [6, 6.07) is 3.19. The van der Waals surface area contributed by atoms with Crippen LogP contribution in [-0.4, -0.2) is 61.8 Å². The standard InChI is InChI=1S/C21H29ClF3N3O3S/c1-14(2)27-9-7-16(8-10-27)26-20(29)15-5-11-28(12-6-15)32(30,31)17-3-4-19(22)18(13-17)21(23,24)25/h3-4,13-16H,5-12H2,1-2H3,(H,26,29). The predicted molar refractivity (Wildman–Crippen MR) is 116 cm³/mol. The first-order chi connectivity index (χ1) is 14.9. The van der Waals surface area contributed by atoms with E-state index in [2.05, 4.69) is 24.1 Å². The number of halogens is 4.